The molecule has 0 unspecified atom stereocenters. The van der Waals surface area contributed by atoms with Crippen molar-refractivity contribution in [3.05, 3.63) is 29.8 Å². The normalized spacial score (nSPS) is 18.8. The van der Waals surface area contributed by atoms with Crippen molar-refractivity contribution >= 4 is 11.8 Å². The molecule has 1 aliphatic carbocycles. The summed E-state index contributed by atoms with van der Waals surface area (Å²) in [6.45, 7) is 3.36. The van der Waals surface area contributed by atoms with Crippen molar-refractivity contribution in [1.29, 1.82) is 0 Å². The van der Waals surface area contributed by atoms with Crippen LogP contribution in [0.25, 0.3) is 0 Å². The first-order valence-corrected chi connectivity index (χ1v) is 8.38. The summed E-state index contributed by atoms with van der Waals surface area (Å²) in [5.74, 6) is 0.893. The Balaban J connectivity index is 1.78. The van der Waals surface area contributed by atoms with Crippen LogP contribution in [0.3, 0.4) is 0 Å². The van der Waals surface area contributed by atoms with E-state index in [4.69, 9.17) is 0 Å². The van der Waals surface area contributed by atoms with Gasteiger partial charge in [-0.15, -0.1) is 11.8 Å². The maximum atomic E-state index is 3.70. The Hall–Kier alpha value is -0.470. The molecule has 0 aliphatic heterocycles. The number of hydrogen-bond acceptors (Lipinski definition) is 2. The molecular formula is C16H25NS. The number of hydrogen-bond donors (Lipinski definition) is 1. The third kappa shape index (κ3) is 4.03. The molecule has 1 aromatic carbocycles. The molecule has 1 atom stereocenters. The first-order valence-electron chi connectivity index (χ1n) is 7.16. The summed E-state index contributed by atoms with van der Waals surface area (Å²) in [4.78, 5) is 1.35. The first-order chi connectivity index (χ1) is 8.79. The van der Waals surface area contributed by atoms with Crippen LogP contribution in [0.15, 0.2) is 29.2 Å². The fourth-order valence-corrected chi connectivity index (χ4v) is 3.23. The van der Waals surface area contributed by atoms with Crippen LogP contribution in [0.5, 0.6) is 0 Å². The van der Waals surface area contributed by atoms with E-state index in [9.17, 15) is 0 Å². The van der Waals surface area contributed by atoms with Crippen LogP contribution in [-0.4, -0.2) is 12.3 Å². The highest BCUT2D eigenvalue weighted by Crippen LogP contribution is 2.26. The van der Waals surface area contributed by atoms with Crippen molar-refractivity contribution < 1.29 is 0 Å². The summed E-state index contributed by atoms with van der Waals surface area (Å²) in [5, 5.41) is 3.70. The van der Waals surface area contributed by atoms with Crippen molar-refractivity contribution in [3.8, 4) is 0 Å². The van der Waals surface area contributed by atoms with Gasteiger partial charge in [0, 0.05) is 17.5 Å². The Morgan fingerprint density at radius 3 is 2.44 bits per heavy atom. The van der Waals surface area contributed by atoms with E-state index in [0.29, 0.717) is 6.04 Å². The van der Waals surface area contributed by atoms with E-state index < -0.39 is 0 Å². The number of rotatable bonds is 5. The molecule has 0 amide bonds. The molecule has 0 spiro atoms. The zero-order chi connectivity index (χ0) is 12.8. The van der Waals surface area contributed by atoms with Gasteiger partial charge >= 0.3 is 0 Å². The van der Waals surface area contributed by atoms with Crippen molar-refractivity contribution in [2.45, 2.75) is 56.5 Å². The van der Waals surface area contributed by atoms with Crippen molar-refractivity contribution in [3.63, 3.8) is 0 Å². The van der Waals surface area contributed by atoms with E-state index in [2.05, 4.69) is 42.8 Å². The van der Waals surface area contributed by atoms with E-state index in [0.717, 1.165) is 12.5 Å². The first kappa shape index (κ1) is 14.0. The fourth-order valence-electron chi connectivity index (χ4n) is 2.82. The molecule has 100 valence electrons. The van der Waals surface area contributed by atoms with Crippen LogP contribution in [0.1, 0.15) is 44.6 Å². The van der Waals surface area contributed by atoms with Crippen LogP contribution < -0.4 is 5.32 Å². The van der Waals surface area contributed by atoms with Gasteiger partial charge in [-0.3, -0.25) is 0 Å². The molecule has 18 heavy (non-hydrogen) atoms. The minimum absolute atomic E-state index is 0.658. The van der Waals surface area contributed by atoms with Crippen LogP contribution in [0.2, 0.25) is 0 Å². The fraction of sp³-hybridized carbons (Fsp3) is 0.625. The highest BCUT2D eigenvalue weighted by atomic mass is 32.2. The summed E-state index contributed by atoms with van der Waals surface area (Å²) in [5.41, 5.74) is 1.40. The number of nitrogens with one attached hydrogen (secondary N) is 1. The molecule has 1 aliphatic rings. The molecule has 1 fully saturated rings. The predicted molar refractivity (Wildman–Crippen MR) is 81.1 cm³/mol. The Bertz CT molecular complexity index is 341. The standard InChI is InChI=1S/C16H25NS/c1-13(15-6-4-3-5-7-15)17-12-14-8-10-16(18-2)11-9-14/h8-11,13,15,17H,3-7,12H2,1-2H3/t13-/m1/s1. The third-order valence-electron chi connectivity index (χ3n) is 4.14. The van der Waals surface area contributed by atoms with E-state index in [1.165, 1.54) is 42.6 Å². The Morgan fingerprint density at radius 1 is 1.17 bits per heavy atom. The Kier molecular flexibility index (Phi) is 5.58. The molecule has 2 rings (SSSR count). The molecule has 0 radical (unpaired) electrons. The van der Waals surface area contributed by atoms with Crippen LogP contribution in [0.4, 0.5) is 0 Å². The molecule has 0 heterocycles. The summed E-state index contributed by atoms with van der Waals surface area (Å²) in [6, 6.07) is 9.57. The quantitative estimate of drug-likeness (QED) is 0.787. The smallest absolute Gasteiger partial charge is 0.0208 e. The van der Waals surface area contributed by atoms with Crippen LogP contribution in [-0.2, 0) is 6.54 Å². The van der Waals surface area contributed by atoms with E-state index in [1.807, 2.05) is 0 Å². The molecule has 2 heteroatoms. The number of thioether (sulfide) groups is 1. The summed E-state index contributed by atoms with van der Waals surface area (Å²) in [7, 11) is 0. The second kappa shape index (κ2) is 7.20. The SMILES string of the molecule is CSc1ccc(CN[C@H](C)C2CCCCC2)cc1. The molecule has 0 saturated heterocycles. The zero-order valence-corrected chi connectivity index (χ0v) is 12.4. The zero-order valence-electron chi connectivity index (χ0n) is 11.6. The Labute approximate surface area is 116 Å². The average Bonchev–Trinajstić information content (AvgIpc) is 2.46. The lowest BCUT2D eigenvalue weighted by Crippen LogP contribution is -2.34. The topological polar surface area (TPSA) is 12.0 Å². The van der Waals surface area contributed by atoms with E-state index in [1.54, 1.807) is 11.8 Å². The van der Waals surface area contributed by atoms with Gasteiger partial charge in [0.15, 0.2) is 0 Å². The highest BCUT2D eigenvalue weighted by Gasteiger charge is 2.19. The monoisotopic (exact) mass is 263 g/mol. The minimum Gasteiger partial charge on any atom is -0.310 e. The van der Waals surface area contributed by atoms with Gasteiger partial charge in [0.25, 0.3) is 0 Å². The highest BCUT2D eigenvalue weighted by molar-refractivity contribution is 7.98. The van der Waals surface area contributed by atoms with Gasteiger partial charge in [-0.25, -0.2) is 0 Å². The molecule has 1 nitrogen and oxygen atoms in total. The lowest BCUT2D eigenvalue weighted by Gasteiger charge is -2.28. The second-order valence-corrected chi connectivity index (χ2v) is 6.30. The van der Waals surface area contributed by atoms with Gasteiger partial charge in [-0.05, 0) is 49.6 Å². The maximum Gasteiger partial charge on any atom is 0.0208 e. The van der Waals surface area contributed by atoms with Gasteiger partial charge in [0.05, 0.1) is 0 Å². The lowest BCUT2D eigenvalue weighted by atomic mass is 9.84. The average molecular weight is 263 g/mol. The minimum atomic E-state index is 0.658. The van der Waals surface area contributed by atoms with Crippen LogP contribution >= 0.6 is 11.8 Å². The number of benzene rings is 1. The van der Waals surface area contributed by atoms with E-state index >= 15 is 0 Å². The molecule has 1 aromatic rings. The van der Waals surface area contributed by atoms with Crippen LogP contribution in [0, 0.1) is 5.92 Å². The van der Waals surface area contributed by atoms with Crippen molar-refractivity contribution in [2.24, 2.45) is 5.92 Å². The third-order valence-corrected chi connectivity index (χ3v) is 4.89. The van der Waals surface area contributed by atoms with Gasteiger partial charge < -0.3 is 5.32 Å². The maximum absolute atomic E-state index is 3.70. The Morgan fingerprint density at radius 2 is 1.83 bits per heavy atom. The van der Waals surface area contributed by atoms with Crippen molar-refractivity contribution in [2.75, 3.05) is 6.26 Å². The van der Waals surface area contributed by atoms with Gasteiger partial charge in [-0.2, -0.15) is 0 Å². The van der Waals surface area contributed by atoms with Gasteiger partial charge in [-0.1, -0.05) is 31.4 Å². The molecular weight excluding hydrogens is 238 g/mol. The van der Waals surface area contributed by atoms with Gasteiger partial charge in [0.2, 0.25) is 0 Å². The predicted octanol–water partition coefficient (Wildman–Crippen LogP) is 4.47. The largest absolute Gasteiger partial charge is 0.310 e. The molecule has 1 saturated carbocycles. The summed E-state index contributed by atoms with van der Waals surface area (Å²) >= 11 is 1.80. The lowest BCUT2D eigenvalue weighted by molar-refractivity contribution is 0.280. The molecule has 1 N–H and O–H groups in total. The summed E-state index contributed by atoms with van der Waals surface area (Å²) in [6.07, 6.45) is 9.26. The second-order valence-electron chi connectivity index (χ2n) is 5.42. The van der Waals surface area contributed by atoms with Gasteiger partial charge in [0.1, 0.15) is 0 Å². The molecule has 0 bridgehead atoms. The molecule has 0 aromatic heterocycles. The summed E-state index contributed by atoms with van der Waals surface area (Å²) < 4.78 is 0. The van der Waals surface area contributed by atoms with E-state index in [-0.39, 0.29) is 0 Å². The van der Waals surface area contributed by atoms with Crippen molar-refractivity contribution in [1.82, 2.24) is 5.32 Å².